The molecule has 0 fully saturated rings. The Bertz CT molecular complexity index is 624. The van der Waals surface area contributed by atoms with Crippen LogP contribution in [0.1, 0.15) is 11.1 Å². The number of aryl methyl sites for hydroxylation is 1. The molecule has 1 aromatic rings. The van der Waals surface area contributed by atoms with Gasteiger partial charge >= 0.3 is 0 Å². The molecular formula is C14H19NO5S. The first-order valence-electron chi connectivity index (χ1n) is 6.39. The van der Waals surface area contributed by atoms with Gasteiger partial charge in [-0.3, -0.25) is 0 Å². The van der Waals surface area contributed by atoms with Crippen LogP contribution >= 0.6 is 0 Å². The summed E-state index contributed by atoms with van der Waals surface area (Å²) in [6.07, 6.45) is 0. The highest BCUT2D eigenvalue weighted by Gasteiger charge is 2.25. The summed E-state index contributed by atoms with van der Waals surface area (Å²) in [6, 6.07) is 4.72. The predicted molar refractivity (Wildman–Crippen MR) is 78.1 cm³/mol. The lowest BCUT2D eigenvalue weighted by Gasteiger charge is -2.21. The third-order valence-corrected chi connectivity index (χ3v) is 4.86. The number of rotatable bonds is 6. The molecule has 0 saturated heterocycles. The fourth-order valence-corrected chi connectivity index (χ4v) is 3.48. The quantitative estimate of drug-likeness (QED) is 0.604. The minimum atomic E-state index is -3.82. The van der Waals surface area contributed by atoms with Crippen molar-refractivity contribution in [1.29, 1.82) is 0 Å². The van der Waals surface area contributed by atoms with Crippen molar-refractivity contribution in [1.82, 2.24) is 4.31 Å². The third-order valence-electron chi connectivity index (χ3n) is 2.82. The number of benzene rings is 1. The predicted octanol–water partition coefficient (Wildman–Crippen LogP) is -0.686. The first-order chi connectivity index (χ1) is 9.97. The van der Waals surface area contributed by atoms with E-state index in [4.69, 9.17) is 15.3 Å². The van der Waals surface area contributed by atoms with E-state index >= 15 is 0 Å². The zero-order valence-electron chi connectivity index (χ0n) is 11.8. The lowest BCUT2D eigenvalue weighted by Crippen LogP contribution is -2.36. The largest absolute Gasteiger partial charge is 0.395 e. The zero-order valence-corrected chi connectivity index (χ0v) is 12.6. The van der Waals surface area contributed by atoms with E-state index in [1.54, 1.807) is 19.1 Å². The van der Waals surface area contributed by atoms with Crippen LogP contribution in [0.4, 0.5) is 0 Å². The molecule has 1 rings (SSSR count). The van der Waals surface area contributed by atoms with E-state index < -0.39 is 10.0 Å². The molecule has 0 aromatic heterocycles. The van der Waals surface area contributed by atoms with E-state index in [0.717, 1.165) is 4.31 Å². The maximum Gasteiger partial charge on any atom is 0.243 e. The lowest BCUT2D eigenvalue weighted by molar-refractivity contribution is 0.217. The summed E-state index contributed by atoms with van der Waals surface area (Å²) in [5.41, 5.74) is 1.02. The van der Waals surface area contributed by atoms with Crippen LogP contribution in [-0.4, -0.2) is 61.0 Å². The summed E-state index contributed by atoms with van der Waals surface area (Å²) in [7, 11) is -3.82. The van der Waals surface area contributed by atoms with Gasteiger partial charge in [-0.15, -0.1) is 0 Å². The minimum absolute atomic E-state index is 0.0779. The number of aliphatic hydroxyl groups excluding tert-OH is 3. The number of hydrogen-bond donors (Lipinski definition) is 3. The van der Waals surface area contributed by atoms with Crippen LogP contribution in [0, 0.1) is 18.8 Å². The average Bonchev–Trinajstić information content (AvgIpc) is 2.46. The molecule has 0 aliphatic heterocycles. The zero-order chi connectivity index (χ0) is 15.9. The fourth-order valence-electron chi connectivity index (χ4n) is 1.81. The summed E-state index contributed by atoms with van der Waals surface area (Å²) < 4.78 is 26.2. The van der Waals surface area contributed by atoms with Crippen molar-refractivity contribution in [3.05, 3.63) is 29.3 Å². The first kappa shape index (κ1) is 17.6. The van der Waals surface area contributed by atoms with Crippen LogP contribution in [0.2, 0.25) is 0 Å². The number of sulfonamides is 1. The number of nitrogens with zero attached hydrogens (tertiary/aromatic N) is 1. The highest BCUT2D eigenvalue weighted by molar-refractivity contribution is 7.89. The number of aliphatic hydroxyl groups is 3. The highest BCUT2D eigenvalue weighted by Crippen LogP contribution is 2.21. The number of hydrogen-bond acceptors (Lipinski definition) is 5. The second-order valence-corrected chi connectivity index (χ2v) is 6.20. The van der Waals surface area contributed by atoms with Crippen LogP contribution in [0.3, 0.4) is 0 Å². The average molecular weight is 313 g/mol. The molecular weight excluding hydrogens is 294 g/mol. The van der Waals surface area contributed by atoms with Crippen molar-refractivity contribution in [2.75, 3.05) is 32.9 Å². The maximum absolute atomic E-state index is 12.6. The molecule has 0 amide bonds. The van der Waals surface area contributed by atoms with Gasteiger partial charge in [0.15, 0.2) is 0 Å². The van der Waals surface area contributed by atoms with Crippen molar-refractivity contribution < 1.29 is 23.7 Å². The molecule has 21 heavy (non-hydrogen) atoms. The van der Waals surface area contributed by atoms with Gasteiger partial charge in [0.05, 0.1) is 18.1 Å². The lowest BCUT2D eigenvalue weighted by atomic mass is 10.1. The van der Waals surface area contributed by atoms with Gasteiger partial charge in [0, 0.05) is 18.7 Å². The van der Waals surface area contributed by atoms with Gasteiger partial charge in [0.1, 0.15) is 6.61 Å². The second-order valence-electron chi connectivity index (χ2n) is 4.29. The van der Waals surface area contributed by atoms with Crippen LogP contribution in [0.5, 0.6) is 0 Å². The van der Waals surface area contributed by atoms with Crippen molar-refractivity contribution in [3.63, 3.8) is 0 Å². The van der Waals surface area contributed by atoms with E-state index in [0.29, 0.717) is 11.1 Å². The molecule has 0 saturated carbocycles. The van der Waals surface area contributed by atoms with Crippen LogP contribution in [0.15, 0.2) is 23.1 Å². The Labute approximate surface area is 124 Å². The molecule has 0 radical (unpaired) electrons. The van der Waals surface area contributed by atoms with E-state index in [1.807, 2.05) is 0 Å². The molecule has 3 N–H and O–H groups in total. The second kappa shape index (κ2) is 8.12. The van der Waals surface area contributed by atoms with Gasteiger partial charge in [-0.2, -0.15) is 4.31 Å². The fraction of sp³-hybridized carbons (Fsp3) is 0.429. The highest BCUT2D eigenvalue weighted by atomic mass is 32.2. The Kier molecular flexibility index (Phi) is 6.81. The Balaban J connectivity index is 3.28. The smallest absolute Gasteiger partial charge is 0.243 e. The third kappa shape index (κ3) is 4.52. The van der Waals surface area contributed by atoms with E-state index in [9.17, 15) is 8.42 Å². The van der Waals surface area contributed by atoms with Crippen LogP contribution < -0.4 is 0 Å². The minimum Gasteiger partial charge on any atom is -0.395 e. The molecule has 0 spiro atoms. The van der Waals surface area contributed by atoms with Gasteiger partial charge in [-0.1, -0.05) is 17.9 Å². The molecule has 0 atom stereocenters. The van der Waals surface area contributed by atoms with E-state index in [2.05, 4.69) is 11.8 Å². The Morgan fingerprint density at radius 2 is 1.76 bits per heavy atom. The summed E-state index contributed by atoms with van der Waals surface area (Å²) in [6.45, 7) is 0.512. The Hall–Kier alpha value is -1.43. The molecule has 0 aliphatic carbocycles. The standard InChI is InChI=1S/C14H19NO5S/c1-12-4-5-13(3-2-8-16)11-14(12)21(19,20)15(6-9-17)7-10-18/h4-5,11,16-18H,6-10H2,1H3. The topological polar surface area (TPSA) is 98.1 Å². The molecule has 1 aromatic carbocycles. The molecule has 116 valence electrons. The monoisotopic (exact) mass is 313 g/mol. The van der Waals surface area contributed by atoms with Gasteiger partial charge in [-0.25, -0.2) is 8.42 Å². The van der Waals surface area contributed by atoms with Crippen molar-refractivity contribution in [2.24, 2.45) is 0 Å². The van der Waals surface area contributed by atoms with E-state index in [1.165, 1.54) is 6.07 Å². The van der Waals surface area contributed by atoms with Gasteiger partial charge in [0.25, 0.3) is 0 Å². The summed E-state index contributed by atoms with van der Waals surface area (Å²) in [4.78, 5) is 0.0779. The Morgan fingerprint density at radius 3 is 2.29 bits per heavy atom. The van der Waals surface area contributed by atoms with Crippen molar-refractivity contribution in [3.8, 4) is 11.8 Å². The van der Waals surface area contributed by atoms with Gasteiger partial charge < -0.3 is 15.3 Å². The molecule has 0 aliphatic rings. The maximum atomic E-state index is 12.6. The van der Waals surface area contributed by atoms with Crippen LogP contribution in [-0.2, 0) is 10.0 Å². The molecule has 0 heterocycles. The van der Waals surface area contributed by atoms with Crippen molar-refractivity contribution >= 4 is 10.0 Å². The summed E-state index contributed by atoms with van der Waals surface area (Å²) in [5, 5.41) is 26.6. The normalized spacial score (nSPS) is 11.3. The molecule has 0 bridgehead atoms. The van der Waals surface area contributed by atoms with E-state index in [-0.39, 0.29) is 37.8 Å². The molecule has 0 unspecified atom stereocenters. The van der Waals surface area contributed by atoms with Crippen molar-refractivity contribution in [2.45, 2.75) is 11.8 Å². The molecule has 6 nitrogen and oxygen atoms in total. The SMILES string of the molecule is Cc1ccc(C#CCO)cc1S(=O)(=O)N(CCO)CCO. The van der Waals surface area contributed by atoms with Gasteiger partial charge in [-0.05, 0) is 24.6 Å². The van der Waals surface area contributed by atoms with Gasteiger partial charge in [0.2, 0.25) is 10.0 Å². The Morgan fingerprint density at radius 1 is 1.14 bits per heavy atom. The summed E-state index contributed by atoms with van der Waals surface area (Å²) >= 11 is 0. The van der Waals surface area contributed by atoms with Crippen LogP contribution in [0.25, 0.3) is 0 Å². The first-order valence-corrected chi connectivity index (χ1v) is 7.83. The molecule has 7 heteroatoms. The summed E-state index contributed by atoms with van der Waals surface area (Å²) in [5.74, 6) is 5.11.